The number of nitrogens with zero attached hydrogens (tertiary/aromatic N) is 3. The maximum absolute atomic E-state index is 5.70. The highest BCUT2D eigenvalue weighted by Crippen LogP contribution is 2.36. The molecule has 0 aliphatic carbocycles. The van der Waals surface area contributed by atoms with E-state index in [0.717, 1.165) is 38.7 Å². The Morgan fingerprint density at radius 3 is 2.62 bits per heavy atom. The number of fused-ring (bicyclic) bond motifs is 2. The van der Waals surface area contributed by atoms with Crippen LogP contribution < -0.4 is 14.8 Å². The number of aryl methyl sites for hydroxylation is 2. The maximum Gasteiger partial charge on any atom is 0.163 e. The Morgan fingerprint density at radius 1 is 1.00 bits per heavy atom. The van der Waals surface area contributed by atoms with Gasteiger partial charge in [0.15, 0.2) is 17.3 Å². The summed E-state index contributed by atoms with van der Waals surface area (Å²) in [5.74, 6) is 3.14. The van der Waals surface area contributed by atoms with Gasteiger partial charge in [-0.2, -0.15) is 0 Å². The van der Waals surface area contributed by atoms with Crippen molar-refractivity contribution in [2.24, 2.45) is 0 Å². The summed E-state index contributed by atoms with van der Waals surface area (Å²) < 4.78 is 11.3. The fourth-order valence-electron chi connectivity index (χ4n) is 3.39. The first-order valence-electron chi connectivity index (χ1n) is 9.49. The average Bonchev–Trinajstić information content (AvgIpc) is 3.06. The average molecular weight is 404 g/mol. The molecule has 0 amide bonds. The summed E-state index contributed by atoms with van der Waals surface area (Å²) in [6, 6.07) is 9.89. The molecular formula is C22H20N4O2S. The molecule has 0 radical (unpaired) electrons. The summed E-state index contributed by atoms with van der Waals surface area (Å²) in [5, 5.41) is 4.60. The zero-order chi connectivity index (χ0) is 19.8. The number of hydrogen-bond acceptors (Lipinski definition) is 7. The minimum atomic E-state index is 0.582. The smallest absolute Gasteiger partial charge is 0.163 e. The number of thiophene rings is 1. The lowest BCUT2D eigenvalue weighted by Gasteiger charge is -2.19. The van der Waals surface area contributed by atoms with Gasteiger partial charge >= 0.3 is 0 Å². The van der Waals surface area contributed by atoms with E-state index in [2.05, 4.69) is 30.2 Å². The molecule has 0 bridgehead atoms. The fraction of sp³-hybridized carbons (Fsp3) is 0.227. The summed E-state index contributed by atoms with van der Waals surface area (Å²) in [6.45, 7) is 6.06. The minimum Gasteiger partial charge on any atom is -0.486 e. The molecule has 4 aromatic rings. The number of aromatic nitrogens is 3. The molecule has 0 fully saturated rings. The van der Waals surface area contributed by atoms with E-state index in [1.165, 1.54) is 10.4 Å². The third kappa shape index (κ3) is 3.38. The number of rotatable bonds is 4. The summed E-state index contributed by atoms with van der Waals surface area (Å²) in [5.41, 5.74) is 3.28. The number of anilines is 1. The standard InChI is InChI=1S/C22H20N4O2S/c1-13-14(2)29-22-19(13)21(25-20(26-22)16-5-7-23-8-6-16)24-12-15-3-4-17-18(11-15)28-10-9-27-17/h3-8,11H,9-10,12H2,1-2H3,(H,24,25,26). The molecular weight excluding hydrogens is 384 g/mol. The zero-order valence-electron chi connectivity index (χ0n) is 16.2. The van der Waals surface area contributed by atoms with Crippen molar-refractivity contribution in [2.45, 2.75) is 20.4 Å². The first-order chi connectivity index (χ1) is 14.2. The van der Waals surface area contributed by atoms with Gasteiger partial charge in [0, 0.05) is 29.4 Å². The van der Waals surface area contributed by atoms with Crippen LogP contribution in [-0.2, 0) is 6.54 Å². The Hall–Kier alpha value is -3.19. The van der Waals surface area contributed by atoms with Gasteiger partial charge in [0.1, 0.15) is 23.9 Å². The summed E-state index contributed by atoms with van der Waals surface area (Å²) in [6.07, 6.45) is 3.52. The van der Waals surface area contributed by atoms with Crippen LogP contribution in [0.2, 0.25) is 0 Å². The zero-order valence-corrected chi connectivity index (χ0v) is 17.0. The van der Waals surface area contributed by atoms with E-state index in [1.54, 1.807) is 23.7 Å². The fourth-order valence-corrected chi connectivity index (χ4v) is 4.42. The van der Waals surface area contributed by atoms with Gasteiger partial charge in [-0.05, 0) is 49.2 Å². The number of hydrogen-bond donors (Lipinski definition) is 1. The highest BCUT2D eigenvalue weighted by Gasteiger charge is 2.16. The summed E-state index contributed by atoms with van der Waals surface area (Å²) in [4.78, 5) is 16.0. The van der Waals surface area contributed by atoms with Crippen molar-refractivity contribution in [1.82, 2.24) is 15.0 Å². The maximum atomic E-state index is 5.70. The second kappa shape index (κ2) is 7.33. The predicted octanol–water partition coefficient (Wildman–Crippen LogP) is 4.75. The van der Waals surface area contributed by atoms with Crippen molar-refractivity contribution >= 4 is 27.4 Å². The van der Waals surface area contributed by atoms with Gasteiger partial charge in [-0.1, -0.05) is 6.07 Å². The molecule has 29 heavy (non-hydrogen) atoms. The van der Waals surface area contributed by atoms with Crippen LogP contribution in [0.5, 0.6) is 11.5 Å². The van der Waals surface area contributed by atoms with Crippen LogP contribution in [0.15, 0.2) is 42.7 Å². The quantitative estimate of drug-likeness (QED) is 0.529. The van der Waals surface area contributed by atoms with Gasteiger partial charge in [0.05, 0.1) is 5.39 Å². The van der Waals surface area contributed by atoms with E-state index < -0.39 is 0 Å². The Labute approximate surface area is 172 Å². The monoisotopic (exact) mass is 404 g/mol. The third-order valence-electron chi connectivity index (χ3n) is 5.03. The number of pyridine rings is 1. The van der Waals surface area contributed by atoms with Crippen molar-refractivity contribution in [1.29, 1.82) is 0 Å². The molecule has 0 unspecified atom stereocenters. The molecule has 5 rings (SSSR count). The molecule has 146 valence electrons. The van der Waals surface area contributed by atoms with Crippen LogP contribution in [0.3, 0.4) is 0 Å². The molecule has 0 spiro atoms. The highest BCUT2D eigenvalue weighted by atomic mass is 32.1. The van der Waals surface area contributed by atoms with E-state index in [0.29, 0.717) is 25.6 Å². The molecule has 6 nitrogen and oxygen atoms in total. The third-order valence-corrected chi connectivity index (χ3v) is 6.13. The van der Waals surface area contributed by atoms with E-state index in [-0.39, 0.29) is 0 Å². The largest absolute Gasteiger partial charge is 0.486 e. The van der Waals surface area contributed by atoms with Crippen molar-refractivity contribution in [3.8, 4) is 22.9 Å². The van der Waals surface area contributed by atoms with Gasteiger partial charge in [-0.15, -0.1) is 11.3 Å². The normalized spacial score (nSPS) is 12.9. The second-order valence-corrected chi connectivity index (χ2v) is 8.13. The second-order valence-electron chi connectivity index (χ2n) is 6.93. The van der Waals surface area contributed by atoms with Crippen LogP contribution in [0, 0.1) is 13.8 Å². The number of nitrogens with one attached hydrogen (secondary N) is 1. The Kier molecular flexibility index (Phi) is 4.52. The van der Waals surface area contributed by atoms with E-state index >= 15 is 0 Å². The van der Waals surface area contributed by atoms with Crippen LogP contribution >= 0.6 is 11.3 Å². The molecule has 1 aromatic carbocycles. The molecule has 0 saturated heterocycles. The van der Waals surface area contributed by atoms with Crippen LogP contribution in [0.25, 0.3) is 21.6 Å². The predicted molar refractivity (Wildman–Crippen MR) is 115 cm³/mol. The van der Waals surface area contributed by atoms with E-state index in [4.69, 9.17) is 19.4 Å². The molecule has 1 aliphatic rings. The van der Waals surface area contributed by atoms with Crippen LogP contribution in [-0.4, -0.2) is 28.2 Å². The Morgan fingerprint density at radius 2 is 1.79 bits per heavy atom. The van der Waals surface area contributed by atoms with E-state index in [9.17, 15) is 0 Å². The summed E-state index contributed by atoms with van der Waals surface area (Å²) in [7, 11) is 0. The summed E-state index contributed by atoms with van der Waals surface area (Å²) >= 11 is 1.70. The molecule has 1 N–H and O–H groups in total. The highest BCUT2D eigenvalue weighted by molar-refractivity contribution is 7.18. The van der Waals surface area contributed by atoms with Crippen LogP contribution in [0.1, 0.15) is 16.0 Å². The minimum absolute atomic E-state index is 0.582. The van der Waals surface area contributed by atoms with Crippen molar-refractivity contribution in [3.05, 3.63) is 58.7 Å². The molecule has 7 heteroatoms. The molecule has 1 aliphatic heterocycles. The van der Waals surface area contributed by atoms with E-state index in [1.807, 2.05) is 24.3 Å². The lowest BCUT2D eigenvalue weighted by Crippen LogP contribution is -2.15. The van der Waals surface area contributed by atoms with Crippen LogP contribution in [0.4, 0.5) is 5.82 Å². The molecule has 0 atom stereocenters. The SMILES string of the molecule is Cc1sc2nc(-c3ccncc3)nc(NCc3ccc4c(c3)OCCO4)c2c1C. The van der Waals surface area contributed by atoms with Gasteiger partial charge in [0.25, 0.3) is 0 Å². The molecule has 0 saturated carbocycles. The van der Waals surface area contributed by atoms with Gasteiger partial charge in [-0.25, -0.2) is 9.97 Å². The van der Waals surface area contributed by atoms with Crippen molar-refractivity contribution in [3.63, 3.8) is 0 Å². The first-order valence-corrected chi connectivity index (χ1v) is 10.3. The molecule has 3 aromatic heterocycles. The Balaban J connectivity index is 1.51. The number of ether oxygens (including phenoxy) is 2. The first kappa shape index (κ1) is 17.9. The lowest BCUT2D eigenvalue weighted by molar-refractivity contribution is 0.171. The number of benzene rings is 1. The van der Waals surface area contributed by atoms with Crippen molar-refractivity contribution < 1.29 is 9.47 Å². The van der Waals surface area contributed by atoms with Gasteiger partial charge < -0.3 is 14.8 Å². The lowest BCUT2D eigenvalue weighted by atomic mass is 10.1. The molecule has 4 heterocycles. The van der Waals surface area contributed by atoms with Gasteiger partial charge in [-0.3, -0.25) is 4.98 Å². The Bertz CT molecular complexity index is 1190. The van der Waals surface area contributed by atoms with Gasteiger partial charge in [0.2, 0.25) is 0 Å². The topological polar surface area (TPSA) is 69.2 Å². The van der Waals surface area contributed by atoms with Crippen molar-refractivity contribution in [2.75, 3.05) is 18.5 Å².